The maximum atomic E-state index is 5.45. The van der Waals surface area contributed by atoms with Crippen molar-refractivity contribution in [3.8, 4) is 0 Å². The van der Waals surface area contributed by atoms with E-state index < -0.39 is 0 Å². The van der Waals surface area contributed by atoms with Crippen LogP contribution >= 0.6 is 31.9 Å². The van der Waals surface area contributed by atoms with Gasteiger partial charge in [0.2, 0.25) is 17.8 Å². The van der Waals surface area contributed by atoms with Crippen LogP contribution in [0.3, 0.4) is 0 Å². The first-order chi connectivity index (χ1) is 15.1. The molecule has 1 aliphatic heterocycles. The second-order valence-corrected chi connectivity index (χ2v) is 8.66. The Morgan fingerprint density at radius 1 is 0.968 bits per heavy atom. The minimum atomic E-state index is 0.366. The van der Waals surface area contributed by atoms with E-state index in [4.69, 9.17) is 4.74 Å². The van der Waals surface area contributed by atoms with Crippen molar-refractivity contribution in [1.29, 1.82) is 0 Å². The molecule has 3 aromatic rings. The summed E-state index contributed by atoms with van der Waals surface area (Å²) in [5.41, 5.74) is 5.68. The van der Waals surface area contributed by atoms with Crippen LogP contribution in [0, 0.1) is 0 Å². The average Bonchev–Trinajstić information content (AvgIpc) is 2.78. The molecule has 1 aliphatic rings. The van der Waals surface area contributed by atoms with Gasteiger partial charge in [0.1, 0.15) is 0 Å². The van der Waals surface area contributed by atoms with E-state index in [1.165, 1.54) is 0 Å². The van der Waals surface area contributed by atoms with Crippen LogP contribution in [0.25, 0.3) is 0 Å². The van der Waals surface area contributed by atoms with Gasteiger partial charge in [-0.05, 0) is 42.8 Å². The van der Waals surface area contributed by atoms with Crippen LogP contribution in [0.1, 0.15) is 12.5 Å². The van der Waals surface area contributed by atoms with Crippen molar-refractivity contribution in [2.45, 2.75) is 6.92 Å². The molecule has 2 aromatic carbocycles. The molecule has 0 aliphatic carbocycles. The summed E-state index contributed by atoms with van der Waals surface area (Å²) in [5.74, 6) is 1.38. The molecule has 0 spiro atoms. The molecule has 1 saturated heterocycles. The molecule has 10 heteroatoms. The number of nitrogens with zero attached hydrogens (tertiary/aromatic N) is 5. The lowest BCUT2D eigenvalue weighted by Gasteiger charge is -2.27. The molecule has 2 heterocycles. The first-order valence-corrected chi connectivity index (χ1v) is 11.3. The van der Waals surface area contributed by atoms with Crippen molar-refractivity contribution < 1.29 is 4.74 Å². The van der Waals surface area contributed by atoms with Gasteiger partial charge in [-0.2, -0.15) is 20.1 Å². The molecule has 0 unspecified atom stereocenters. The van der Waals surface area contributed by atoms with Crippen molar-refractivity contribution in [3.63, 3.8) is 0 Å². The smallest absolute Gasteiger partial charge is 0.250 e. The molecule has 2 N–H and O–H groups in total. The highest BCUT2D eigenvalue weighted by molar-refractivity contribution is 9.10. The Bertz CT molecular complexity index is 1070. The number of hydrogen-bond donors (Lipinski definition) is 2. The third kappa shape index (κ3) is 5.99. The van der Waals surface area contributed by atoms with Gasteiger partial charge >= 0.3 is 0 Å². The van der Waals surface area contributed by atoms with Crippen molar-refractivity contribution in [2.75, 3.05) is 41.9 Å². The number of anilines is 4. The topological polar surface area (TPSA) is 87.6 Å². The second-order valence-electron chi connectivity index (χ2n) is 6.83. The zero-order chi connectivity index (χ0) is 21.6. The standard InChI is InChI=1S/C21H21Br2N7O/c1-14(15-5-7-16(22)8-6-15)28-29-20-25-19(24-18-4-2-3-17(23)13-18)26-21(27-20)30-9-11-31-12-10-30/h2-8,13H,9-12H2,1H3,(H2,24,25,26,27,29)/b28-14+. The van der Waals surface area contributed by atoms with E-state index in [1.807, 2.05) is 55.5 Å². The van der Waals surface area contributed by atoms with Gasteiger partial charge in [-0.1, -0.05) is 50.1 Å². The molecule has 8 nitrogen and oxygen atoms in total. The van der Waals surface area contributed by atoms with Gasteiger partial charge in [-0.15, -0.1) is 0 Å². The van der Waals surface area contributed by atoms with E-state index in [0.29, 0.717) is 31.1 Å². The van der Waals surface area contributed by atoms with E-state index in [1.54, 1.807) is 0 Å². The molecule has 0 bridgehead atoms. The maximum absolute atomic E-state index is 5.45. The molecule has 0 radical (unpaired) electrons. The monoisotopic (exact) mass is 545 g/mol. The van der Waals surface area contributed by atoms with Crippen LogP contribution in [0.2, 0.25) is 0 Å². The normalized spacial score (nSPS) is 14.4. The van der Waals surface area contributed by atoms with Crippen molar-refractivity contribution in [3.05, 3.63) is 63.0 Å². The zero-order valence-corrected chi connectivity index (χ0v) is 20.0. The number of hydrogen-bond acceptors (Lipinski definition) is 8. The summed E-state index contributed by atoms with van der Waals surface area (Å²) in [5, 5.41) is 7.71. The van der Waals surface area contributed by atoms with E-state index >= 15 is 0 Å². The highest BCUT2D eigenvalue weighted by Gasteiger charge is 2.17. The quantitative estimate of drug-likeness (QED) is 0.339. The van der Waals surface area contributed by atoms with E-state index in [-0.39, 0.29) is 0 Å². The summed E-state index contributed by atoms with van der Waals surface area (Å²) in [6.45, 7) is 4.66. The van der Waals surface area contributed by atoms with E-state index in [0.717, 1.165) is 39.0 Å². The molecule has 0 saturated carbocycles. The minimum absolute atomic E-state index is 0.366. The molecule has 0 atom stereocenters. The molecule has 31 heavy (non-hydrogen) atoms. The third-order valence-corrected chi connectivity index (χ3v) is 5.61. The van der Waals surface area contributed by atoms with Crippen molar-refractivity contribution >= 4 is 61.1 Å². The van der Waals surface area contributed by atoms with E-state index in [2.05, 4.69) is 67.6 Å². The molecule has 4 rings (SSSR count). The van der Waals surface area contributed by atoms with Gasteiger partial charge in [0.25, 0.3) is 0 Å². The summed E-state index contributed by atoms with van der Waals surface area (Å²) >= 11 is 6.94. The molecule has 0 amide bonds. The predicted molar refractivity (Wildman–Crippen MR) is 130 cm³/mol. The predicted octanol–water partition coefficient (Wildman–Crippen LogP) is 4.81. The molecular weight excluding hydrogens is 526 g/mol. The summed E-state index contributed by atoms with van der Waals surface area (Å²) in [6, 6.07) is 15.8. The summed E-state index contributed by atoms with van der Waals surface area (Å²) in [4.78, 5) is 15.8. The Labute approximate surface area is 197 Å². The van der Waals surface area contributed by atoms with Gasteiger partial charge in [-0.25, -0.2) is 5.43 Å². The number of ether oxygens (including phenoxy) is 1. The van der Waals surface area contributed by atoms with Gasteiger partial charge in [0.15, 0.2) is 0 Å². The van der Waals surface area contributed by atoms with Crippen molar-refractivity contribution in [1.82, 2.24) is 15.0 Å². The number of aromatic nitrogens is 3. The van der Waals surface area contributed by atoms with Gasteiger partial charge in [0.05, 0.1) is 18.9 Å². The van der Waals surface area contributed by atoms with Gasteiger partial charge in [0, 0.05) is 27.7 Å². The summed E-state index contributed by atoms with van der Waals surface area (Å²) in [6.07, 6.45) is 0. The Kier molecular flexibility index (Phi) is 7.10. The molecule has 1 fully saturated rings. The Morgan fingerprint density at radius 2 is 1.71 bits per heavy atom. The number of rotatable bonds is 6. The largest absolute Gasteiger partial charge is 0.378 e. The van der Waals surface area contributed by atoms with Crippen LogP contribution in [0.5, 0.6) is 0 Å². The highest BCUT2D eigenvalue weighted by atomic mass is 79.9. The Balaban J connectivity index is 1.60. The summed E-state index contributed by atoms with van der Waals surface area (Å²) < 4.78 is 7.44. The van der Waals surface area contributed by atoms with Crippen LogP contribution in [0.15, 0.2) is 62.6 Å². The fourth-order valence-corrected chi connectivity index (χ4v) is 3.62. The summed E-state index contributed by atoms with van der Waals surface area (Å²) in [7, 11) is 0. The molecular formula is C21H21Br2N7O. The Morgan fingerprint density at radius 3 is 2.45 bits per heavy atom. The molecule has 160 valence electrons. The van der Waals surface area contributed by atoms with Gasteiger partial charge in [-0.3, -0.25) is 0 Å². The van der Waals surface area contributed by atoms with Crippen molar-refractivity contribution in [2.24, 2.45) is 5.10 Å². The number of benzene rings is 2. The maximum Gasteiger partial charge on any atom is 0.250 e. The second kappa shape index (κ2) is 10.2. The number of halogens is 2. The number of nitrogens with one attached hydrogen (secondary N) is 2. The van der Waals surface area contributed by atoms with Crippen LogP contribution in [-0.2, 0) is 4.74 Å². The third-order valence-electron chi connectivity index (χ3n) is 4.58. The lowest BCUT2D eigenvalue weighted by Crippen LogP contribution is -2.37. The Hall–Kier alpha value is -2.56. The van der Waals surface area contributed by atoms with Gasteiger partial charge < -0.3 is 15.0 Å². The van der Waals surface area contributed by atoms with Crippen LogP contribution in [-0.4, -0.2) is 47.0 Å². The first-order valence-electron chi connectivity index (χ1n) is 9.74. The average molecular weight is 547 g/mol. The van der Waals surface area contributed by atoms with E-state index in [9.17, 15) is 0 Å². The van der Waals surface area contributed by atoms with Crippen LogP contribution < -0.4 is 15.6 Å². The minimum Gasteiger partial charge on any atom is -0.378 e. The first kappa shape index (κ1) is 21.7. The molecule has 1 aromatic heterocycles. The lowest BCUT2D eigenvalue weighted by atomic mass is 10.1. The fraction of sp³-hybridized carbons (Fsp3) is 0.238. The number of hydrazone groups is 1. The fourth-order valence-electron chi connectivity index (χ4n) is 2.96. The highest BCUT2D eigenvalue weighted by Crippen LogP contribution is 2.21. The number of morpholine rings is 1. The SMILES string of the molecule is C/C(=N\Nc1nc(Nc2cccc(Br)c2)nc(N2CCOCC2)n1)c1ccc(Br)cc1. The zero-order valence-electron chi connectivity index (χ0n) is 16.8. The van der Waals surface area contributed by atoms with Crippen LogP contribution in [0.4, 0.5) is 23.5 Å². The lowest BCUT2D eigenvalue weighted by molar-refractivity contribution is 0.122.